The maximum atomic E-state index is 4.64. The highest BCUT2D eigenvalue weighted by Gasteiger charge is 2.42. The lowest BCUT2D eigenvalue weighted by molar-refractivity contribution is 0.140. The second kappa shape index (κ2) is 4.87. The second-order valence-electron chi connectivity index (χ2n) is 6.62. The van der Waals surface area contributed by atoms with Gasteiger partial charge in [0.2, 0.25) is 0 Å². The minimum absolute atomic E-state index is 0.709. The van der Waals surface area contributed by atoms with E-state index in [9.17, 15) is 0 Å². The Labute approximate surface area is 123 Å². The fraction of sp³-hybridized carbons (Fsp3) is 0.867. The fourth-order valence-electron chi connectivity index (χ4n) is 3.79. The van der Waals surface area contributed by atoms with Gasteiger partial charge < -0.3 is 4.57 Å². The maximum Gasteiger partial charge on any atom is 0.143 e. The Balaban J connectivity index is 1.69. The lowest BCUT2D eigenvalue weighted by Gasteiger charge is -2.42. The molecule has 3 aliphatic carbocycles. The number of alkyl halides is 1. The Morgan fingerprint density at radius 1 is 1.00 bits per heavy atom. The van der Waals surface area contributed by atoms with Crippen LogP contribution in [0.2, 0.25) is 0 Å². The topological polar surface area (TPSA) is 30.7 Å². The van der Waals surface area contributed by atoms with Gasteiger partial charge in [0.25, 0.3) is 0 Å². The van der Waals surface area contributed by atoms with Gasteiger partial charge in [0.15, 0.2) is 0 Å². The number of halogens is 1. The molecule has 0 unspecified atom stereocenters. The molecule has 4 heteroatoms. The van der Waals surface area contributed by atoms with Crippen LogP contribution in [0.5, 0.6) is 0 Å². The first-order valence-electron chi connectivity index (χ1n) is 7.88. The molecule has 3 aliphatic rings. The molecular weight excluding hydrogens is 302 g/mol. The minimum atomic E-state index is 0.709. The van der Waals surface area contributed by atoms with Crippen molar-refractivity contribution in [2.75, 3.05) is 0 Å². The summed E-state index contributed by atoms with van der Waals surface area (Å²) in [4.78, 5) is 0. The lowest BCUT2D eigenvalue weighted by atomic mass is 9.64. The number of aromatic nitrogens is 3. The van der Waals surface area contributed by atoms with Crippen LogP contribution >= 0.6 is 15.9 Å². The molecule has 3 fully saturated rings. The summed E-state index contributed by atoms with van der Waals surface area (Å²) in [5, 5.41) is 9.95. The van der Waals surface area contributed by atoms with E-state index >= 15 is 0 Å². The van der Waals surface area contributed by atoms with Crippen molar-refractivity contribution in [1.29, 1.82) is 0 Å². The van der Waals surface area contributed by atoms with Crippen molar-refractivity contribution >= 4 is 15.9 Å². The van der Waals surface area contributed by atoms with Crippen molar-refractivity contribution < 1.29 is 0 Å². The molecule has 104 valence electrons. The Hall–Kier alpha value is -0.380. The van der Waals surface area contributed by atoms with Crippen molar-refractivity contribution in [1.82, 2.24) is 14.8 Å². The number of hydrogen-bond donors (Lipinski definition) is 0. The van der Waals surface area contributed by atoms with Crippen LogP contribution in [0.15, 0.2) is 0 Å². The normalized spacial score (nSPS) is 24.5. The van der Waals surface area contributed by atoms with E-state index in [4.69, 9.17) is 0 Å². The van der Waals surface area contributed by atoms with Crippen LogP contribution in [0.25, 0.3) is 0 Å². The van der Waals surface area contributed by atoms with Crippen LogP contribution in [-0.4, -0.2) is 14.8 Å². The van der Waals surface area contributed by atoms with Crippen LogP contribution in [0, 0.1) is 11.8 Å². The highest BCUT2D eigenvalue weighted by Crippen LogP contribution is 2.51. The molecule has 0 aromatic carbocycles. The van der Waals surface area contributed by atoms with Crippen LogP contribution in [0.1, 0.15) is 75.0 Å². The Morgan fingerprint density at radius 3 is 2.05 bits per heavy atom. The third kappa shape index (κ3) is 2.07. The quantitative estimate of drug-likeness (QED) is 0.760. The summed E-state index contributed by atoms with van der Waals surface area (Å²) < 4.78 is 2.50. The van der Waals surface area contributed by atoms with Crippen LogP contribution in [0.3, 0.4) is 0 Å². The van der Waals surface area contributed by atoms with Gasteiger partial charge in [0.05, 0.1) is 5.33 Å². The van der Waals surface area contributed by atoms with Crippen molar-refractivity contribution in [2.45, 2.75) is 68.7 Å². The summed E-state index contributed by atoms with van der Waals surface area (Å²) in [7, 11) is 0. The minimum Gasteiger partial charge on any atom is -0.311 e. The average molecular weight is 324 g/mol. The van der Waals surface area contributed by atoms with Crippen molar-refractivity contribution in [3.63, 3.8) is 0 Å². The van der Waals surface area contributed by atoms with E-state index in [2.05, 4.69) is 30.7 Å². The van der Waals surface area contributed by atoms with Gasteiger partial charge in [0.1, 0.15) is 11.6 Å². The van der Waals surface area contributed by atoms with Gasteiger partial charge in [-0.1, -0.05) is 28.8 Å². The van der Waals surface area contributed by atoms with E-state index in [1.54, 1.807) is 0 Å². The summed E-state index contributed by atoms with van der Waals surface area (Å²) >= 11 is 3.58. The summed E-state index contributed by atoms with van der Waals surface area (Å²) in [5.74, 6) is 5.00. The summed E-state index contributed by atoms with van der Waals surface area (Å²) in [6, 6.07) is 0.709. The maximum absolute atomic E-state index is 4.64. The first kappa shape index (κ1) is 12.4. The predicted octanol–water partition coefficient (Wildman–Crippen LogP) is 4.19. The molecule has 0 spiro atoms. The highest BCUT2D eigenvalue weighted by molar-refractivity contribution is 9.08. The number of nitrogens with zero attached hydrogens (tertiary/aromatic N) is 3. The van der Waals surface area contributed by atoms with E-state index in [-0.39, 0.29) is 0 Å². The molecule has 3 nitrogen and oxygen atoms in total. The summed E-state index contributed by atoms with van der Waals surface area (Å²) in [6.45, 7) is 0. The molecule has 1 aromatic rings. The Kier molecular flexibility index (Phi) is 3.17. The molecular formula is C15H22BrN3. The molecule has 3 saturated carbocycles. The smallest absolute Gasteiger partial charge is 0.143 e. The molecule has 19 heavy (non-hydrogen) atoms. The molecule has 0 N–H and O–H groups in total. The fourth-order valence-corrected chi connectivity index (χ4v) is 4.17. The molecule has 4 rings (SSSR count). The monoisotopic (exact) mass is 323 g/mol. The third-order valence-corrected chi connectivity index (χ3v) is 5.94. The van der Waals surface area contributed by atoms with E-state index in [1.807, 2.05) is 0 Å². The molecule has 0 saturated heterocycles. The second-order valence-corrected chi connectivity index (χ2v) is 7.18. The van der Waals surface area contributed by atoms with E-state index in [0.29, 0.717) is 12.0 Å². The van der Waals surface area contributed by atoms with Crippen molar-refractivity contribution in [3.05, 3.63) is 11.6 Å². The van der Waals surface area contributed by atoms with Gasteiger partial charge in [-0.2, -0.15) is 0 Å². The van der Waals surface area contributed by atoms with E-state index in [1.165, 1.54) is 57.2 Å². The lowest BCUT2D eigenvalue weighted by Crippen LogP contribution is -2.32. The Bertz CT molecular complexity index is 444. The molecule has 1 heterocycles. The molecule has 0 amide bonds. The molecule has 0 atom stereocenters. The van der Waals surface area contributed by atoms with Gasteiger partial charge in [-0.3, -0.25) is 0 Å². The zero-order valence-electron chi connectivity index (χ0n) is 11.4. The molecule has 0 bridgehead atoms. The van der Waals surface area contributed by atoms with E-state index in [0.717, 1.165) is 23.0 Å². The standard InChI is InChI=1S/C15H22BrN3/c16-9-13-17-18-15(19(13)12-7-8-12)14(10-3-1-4-10)11-5-2-6-11/h10-12,14H,1-9H2. The first-order valence-corrected chi connectivity index (χ1v) is 9.00. The first-order chi connectivity index (χ1) is 9.38. The SMILES string of the molecule is BrCc1nnc(C(C2CCC2)C2CCC2)n1C1CC1. The third-order valence-electron chi connectivity index (χ3n) is 5.44. The van der Waals surface area contributed by atoms with Crippen molar-refractivity contribution in [2.24, 2.45) is 11.8 Å². The largest absolute Gasteiger partial charge is 0.311 e. The zero-order valence-corrected chi connectivity index (χ0v) is 13.0. The van der Waals surface area contributed by atoms with Gasteiger partial charge in [0, 0.05) is 12.0 Å². The highest BCUT2D eigenvalue weighted by atomic mass is 79.9. The zero-order chi connectivity index (χ0) is 12.8. The predicted molar refractivity (Wildman–Crippen MR) is 78.3 cm³/mol. The summed E-state index contributed by atoms with van der Waals surface area (Å²) in [5.41, 5.74) is 0. The number of rotatable bonds is 5. The van der Waals surface area contributed by atoms with Crippen LogP contribution < -0.4 is 0 Å². The van der Waals surface area contributed by atoms with Crippen molar-refractivity contribution in [3.8, 4) is 0 Å². The van der Waals surface area contributed by atoms with E-state index < -0.39 is 0 Å². The van der Waals surface area contributed by atoms with Gasteiger partial charge in [-0.05, 0) is 50.4 Å². The molecule has 1 aromatic heterocycles. The van der Waals surface area contributed by atoms with Gasteiger partial charge >= 0.3 is 0 Å². The Morgan fingerprint density at radius 2 is 1.63 bits per heavy atom. The van der Waals surface area contributed by atoms with Gasteiger partial charge in [-0.15, -0.1) is 10.2 Å². The van der Waals surface area contributed by atoms with Crippen LogP contribution in [0.4, 0.5) is 0 Å². The molecule has 0 aliphatic heterocycles. The summed E-state index contributed by atoms with van der Waals surface area (Å²) in [6.07, 6.45) is 11.2. The number of hydrogen-bond acceptors (Lipinski definition) is 2. The molecule has 0 radical (unpaired) electrons. The van der Waals surface area contributed by atoms with Crippen LogP contribution in [-0.2, 0) is 5.33 Å². The van der Waals surface area contributed by atoms with Gasteiger partial charge in [-0.25, -0.2) is 0 Å². The average Bonchev–Trinajstić information content (AvgIpc) is 3.03.